The molecule has 0 radical (unpaired) electrons. The number of aliphatic hydroxyl groups is 1. The van der Waals surface area contributed by atoms with Gasteiger partial charge >= 0.3 is 39.5 Å². The fourth-order valence-corrected chi connectivity index (χ4v) is 15.0. The number of hydrogen-bond acceptors (Lipinski definition) is 15. The fraction of sp³-hybridized carbons (Fsp3) is 0.953. The highest BCUT2D eigenvalue weighted by atomic mass is 31.2. The Hall–Kier alpha value is -1.94. The molecule has 0 aromatic heterocycles. The van der Waals surface area contributed by atoms with Gasteiger partial charge in [-0.1, -0.05) is 408 Å². The minimum absolute atomic E-state index is 0.109. The lowest BCUT2D eigenvalue weighted by Gasteiger charge is -2.21. The average molecular weight is 1540 g/mol. The van der Waals surface area contributed by atoms with Crippen LogP contribution in [-0.4, -0.2) is 96.7 Å². The van der Waals surface area contributed by atoms with Gasteiger partial charge in [0.05, 0.1) is 26.4 Å². The summed E-state index contributed by atoms with van der Waals surface area (Å²) in [6, 6.07) is 0. The molecule has 0 saturated carbocycles. The van der Waals surface area contributed by atoms with Gasteiger partial charge in [-0.3, -0.25) is 37.3 Å². The highest BCUT2D eigenvalue weighted by Gasteiger charge is 2.30. The van der Waals surface area contributed by atoms with Gasteiger partial charge in [-0.25, -0.2) is 9.13 Å². The molecule has 6 atom stereocenters. The van der Waals surface area contributed by atoms with Crippen molar-refractivity contribution >= 4 is 39.5 Å². The first-order chi connectivity index (χ1) is 50.9. The van der Waals surface area contributed by atoms with Crippen LogP contribution in [0.4, 0.5) is 0 Å². The summed E-state index contributed by atoms with van der Waals surface area (Å²) in [4.78, 5) is 73.3. The van der Waals surface area contributed by atoms with E-state index in [1.54, 1.807) is 0 Å². The molecule has 105 heavy (non-hydrogen) atoms. The van der Waals surface area contributed by atoms with Crippen molar-refractivity contribution in [2.75, 3.05) is 39.6 Å². The van der Waals surface area contributed by atoms with Gasteiger partial charge in [0.15, 0.2) is 12.2 Å². The summed E-state index contributed by atoms with van der Waals surface area (Å²) in [6.45, 7) is 9.77. The molecule has 17 nitrogen and oxygen atoms in total. The average Bonchev–Trinajstić information content (AvgIpc) is 0.961. The third-order valence-corrected chi connectivity index (χ3v) is 22.5. The van der Waals surface area contributed by atoms with Gasteiger partial charge in [0, 0.05) is 25.7 Å². The Labute approximate surface area is 645 Å². The molecule has 0 aliphatic rings. The van der Waals surface area contributed by atoms with Crippen molar-refractivity contribution < 1.29 is 80.2 Å². The SMILES string of the molecule is CCCCCCCCCCCCCCCCCCC(=O)O[C@H](COC(=O)CCCCCCCCCCCCCC)COP(=O)(O)OC[C@H](O)COP(=O)(O)OC[C@@H](COC(=O)CCCCCCCCCCCCCCCCC(C)CC)OC(=O)CCCCCCCCCCCCCCCCCCC(C)C. The van der Waals surface area contributed by atoms with E-state index in [-0.39, 0.29) is 25.7 Å². The highest BCUT2D eigenvalue weighted by Crippen LogP contribution is 2.45. The van der Waals surface area contributed by atoms with Crippen LogP contribution in [-0.2, 0) is 65.4 Å². The van der Waals surface area contributed by atoms with E-state index in [0.717, 1.165) is 102 Å². The largest absolute Gasteiger partial charge is 0.472 e. The fourth-order valence-electron chi connectivity index (χ4n) is 13.4. The molecule has 0 aliphatic heterocycles. The Kier molecular flexibility index (Phi) is 76.0. The first-order valence-electron chi connectivity index (χ1n) is 44.5. The van der Waals surface area contributed by atoms with E-state index in [1.807, 2.05) is 0 Å². The molecule has 0 aromatic carbocycles. The second-order valence-electron chi connectivity index (χ2n) is 31.6. The van der Waals surface area contributed by atoms with Gasteiger partial charge in [0.25, 0.3) is 0 Å². The van der Waals surface area contributed by atoms with Crippen LogP contribution in [0, 0.1) is 11.8 Å². The molecular weight excluding hydrogens is 1370 g/mol. The second kappa shape index (κ2) is 77.4. The van der Waals surface area contributed by atoms with Crippen molar-refractivity contribution in [1.82, 2.24) is 0 Å². The van der Waals surface area contributed by atoms with Gasteiger partial charge in [-0.2, -0.15) is 0 Å². The summed E-state index contributed by atoms with van der Waals surface area (Å²) in [5.74, 6) is -0.440. The van der Waals surface area contributed by atoms with Crippen LogP contribution in [0.1, 0.15) is 459 Å². The maximum absolute atomic E-state index is 13.1. The molecule has 0 heterocycles. The van der Waals surface area contributed by atoms with E-state index in [4.69, 9.17) is 37.0 Å². The Morgan fingerprint density at radius 2 is 0.486 bits per heavy atom. The van der Waals surface area contributed by atoms with Crippen molar-refractivity contribution in [3.05, 3.63) is 0 Å². The molecule has 0 fully saturated rings. The summed E-state index contributed by atoms with van der Waals surface area (Å²) in [6.07, 6.45) is 69.2. The molecule has 0 amide bonds. The number of carbonyl (C=O) groups is 4. The quantitative estimate of drug-likeness (QED) is 0.0222. The van der Waals surface area contributed by atoms with Crippen LogP contribution in [0.15, 0.2) is 0 Å². The van der Waals surface area contributed by atoms with Gasteiger partial charge < -0.3 is 33.8 Å². The lowest BCUT2D eigenvalue weighted by Crippen LogP contribution is -2.30. The summed E-state index contributed by atoms with van der Waals surface area (Å²) >= 11 is 0. The number of unbranched alkanes of at least 4 members (excludes halogenated alkanes) is 54. The van der Waals surface area contributed by atoms with Crippen molar-refractivity contribution in [3.8, 4) is 0 Å². The molecule has 3 unspecified atom stereocenters. The van der Waals surface area contributed by atoms with E-state index in [0.29, 0.717) is 25.7 Å². The van der Waals surface area contributed by atoms with Crippen LogP contribution in [0.5, 0.6) is 0 Å². The van der Waals surface area contributed by atoms with Crippen LogP contribution < -0.4 is 0 Å². The lowest BCUT2D eigenvalue weighted by atomic mass is 9.99. The Morgan fingerprint density at radius 3 is 0.724 bits per heavy atom. The number of rotatable bonds is 85. The molecule has 0 rings (SSSR count). The highest BCUT2D eigenvalue weighted by molar-refractivity contribution is 7.47. The third kappa shape index (κ3) is 78.5. The maximum atomic E-state index is 13.1. The number of ether oxygens (including phenoxy) is 4. The van der Waals surface area contributed by atoms with Crippen molar-refractivity contribution in [3.63, 3.8) is 0 Å². The van der Waals surface area contributed by atoms with Gasteiger partial charge in [-0.05, 0) is 37.5 Å². The van der Waals surface area contributed by atoms with E-state index in [9.17, 15) is 43.2 Å². The topological polar surface area (TPSA) is 237 Å². The normalized spacial score (nSPS) is 14.1. The molecule has 0 saturated heterocycles. The van der Waals surface area contributed by atoms with Gasteiger partial charge in [0.2, 0.25) is 0 Å². The van der Waals surface area contributed by atoms with Crippen molar-refractivity contribution in [1.29, 1.82) is 0 Å². The zero-order valence-electron chi connectivity index (χ0n) is 69.0. The molecule has 19 heteroatoms. The summed E-state index contributed by atoms with van der Waals surface area (Å²) in [5, 5.41) is 10.7. The summed E-state index contributed by atoms with van der Waals surface area (Å²) in [5.41, 5.74) is 0. The standard InChI is InChI=1S/C86H168O17P2/c1-7-10-12-14-16-18-20-22-23-27-34-40-46-52-58-64-70-85(90)102-81(74-96-83(88)68-62-56-50-44-38-21-19-17-15-13-11-8-2)76-100-104(92,93)98-72-80(87)73-99-105(94,95)101-77-82(75-97-84(89)69-63-57-51-45-39-33-30-29-32-37-43-49-55-61-67-79(6)9-3)103-86(91)71-65-59-53-47-41-35-28-25-24-26-31-36-42-48-54-60-66-78(4)5/h78-82,87H,7-77H2,1-6H3,(H,92,93)(H,94,95)/t79?,80-,81+,82+/m0/s1. The maximum Gasteiger partial charge on any atom is 0.472 e. The van der Waals surface area contributed by atoms with Gasteiger partial charge in [-0.15, -0.1) is 0 Å². The smallest absolute Gasteiger partial charge is 0.462 e. The Balaban J connectivity index is 5.26. The van der Waals surface area contributed by atoms with Crippen LogP contribution in [0.3, 0.4) is 0 Å². The minimum atomic E-state index is -4.97. The monoisotopic (exact) mass is 1540 g/mol. The number of carbonyl (C=O) groups excluding carboxylic acids is 4. The first kappa shape index (κ1) is 103. The van der Waals surface area contributed by atoms with E-state index in [1.165, 1.54) is 276 Å². The van der Waals surface area contributed by atoms with E-state index in [2.05, 4.69) is 41.5 Å². The van der Waals surface area contributed by atoms with E-state index < -0.39 is 97.5 Å². The number of hydrogen-bond donors (Lipinski definition) is 3. The number of phosphoric ester groups is 2. The van der Waals surface area contributed by atoms with Crippen LogP contribution in [0.25, 0.3) is 0 Å². The number of phosphoric acid groups is 2. The number of aliphatic hydroxyl groups excluding tert-OH is 1. The molecule has 624 valence electrons. The van der Waals surface area contributed by atoms with Crippen LogP contribution in [0.2, 0.25) is 0 Å². The molecule has 0 spiro atoms. The number of esters is 4. The minimum Gasteiger partial charge on any atom is -0.462 e. The van der Waals surface area contributed by atoms with Crippen molar-refractivity contribution in [2.24, 2.45) is 11.8 Å². The lowest BCUT2D eigenvalue weighted by molar-refractivity contribution is -0.161. The Bertz CT molecular complexity index is 2010. The predicted octanol–water partition coefficient (Wildman–Crippen LogP) is 26.2. The first-order valence-corrected chi connectivity index (χ1v) is 47.5. The zero-order chi connectivity index (χ0) is 77.1. The zero-order valence-corrected chi connectivity index (χ0v) is 70.8. The van der Waals surface area contributed by atoms with Crippen molar-refractivity contribution in [2.45, 2.75) is 477 Å². The summed E-state index contributed by atoms with van der Waals surface area (Å²) in [7, 11) is -9.93. The molecule has 3 N–H and O–H groups in total. The Morgan fingerprint density at radius 1 is 0.276 bits per heavy atom. The summed E-state index contributed by atoms with van der Waals surface area (Å²) < 4.78 is 68.9. The van der Waals surface area contributed by atoms with E-state index >= 15 is 0 Å². The molecule has 0 aliphatic carbocycles. The second-order valence-corrected chi connectivity index (χ2v) is 34.6. The van der Waals surface area contributed by atoms with Crippen LogP contribution >= 0.6 is 15.6 Å². The molecule has 0 bridgehead atoms. The van der Waals surface area contributed by atoms with Gasteiger partial charge in [0.1, 0.15) is 19.3 Å². The molecular formula is C86H168O17P2. The third-order valence-electron chi connectivity index (χ3n) is 20.6. The molecule has 0 aromatic rings. The predicted molar refractivity (Wildman–Crippen MR) is 432 cm³/mol.